The van der Waals surface area contributed by atoms with E-state index in [1.54, 1.807) is 18.2 Å². The van der Waals surface area contributed by atoms with Gasteiger partial charge in [0.15, 0.2) is 0 Å². The molecular formula is C28H42F4N4O. The van der Waals surface area contributed by atoms with Crippen LogP contribution in [0.1, 0.15) is 76.6 Å². The molecule has 0 radical (unpaired) electrons. The molecule has 1 aliphatic carbocycles. The lowest BCUT2D eigenvalue weighted by Gasteiger charge is -2.23. The van der Waals surface area contributed by atoms with Gasteiger partial charge in [-0.05, 0) is 81.0 Å². The molecule has 37 heavy (non-hydrogen) atoms. The first-order valence-electron chi connectivity index (χ1n) is 12.9. The number of allylic oxidation sites excluding steroid dienone is 2. The molecule has 208 valence electrons. The summed E-state index contributed by atoms with van der Waals surface area (Å²) in [6.45, 7) is 6.84. The van der Waals surface area contributed by atoms with E-state index in [1.165, 1.54) is 31.3 Å². The van der Waals surface area contributed by atoms with Crippen molar-refractivity contribution in [1.29, 1.82) is 0 Å². The number of para-hydroxylation sites is 1. The smallest absolute Gasteiger partial charge is 0.405 e. The summed E-state index contributed by atoms with van der Waals surface area (Å²) in [5, 5.41) is 6.59. The minimum atomic E-state index is -4.80. The second-order valence-corrected chi connectivity index (χ2v) is 8.26. The third-order valence-corrected chi connectivity index (χ3v) is 5.68. The second kappa shape index (κ2) is 16.9. The summed E-state index contributed by atoms with van der Waals surface area (Å²) in [7, 11) is 1.50. The van der Waals surface area contributed by atoms with Crippen molar-refractivity contribution in [3.63, 3.8) is 0 Å². The molecule has 6 N–H and O–H groups in total. The van der Waals surface area contributed by atoms with Crippen molar-refractivity contribution in [2.45, 2.75) is 78.2 Å². The molecule has 0 amide bonds. The van der Waals surface area contributed by atoms with E-state index in [0.29, 0.717) is 6.42 Å². The lowest BCUT2D eigenvalue weighted by Crippen LogP contribution is -2.30. The average Bonchev–Trinajstić information content (AvgIpc) is 3.10. The zero-order valence-electron chi connectivity index (χ0n) is 22.4. The van der Waals surface area contributed by atoms with Gasteiger partial charge in [0.05, 0.1) is 0 Å². The Balaban J connectivity index is 0.00000163. The Morgan fingerprint density at radius 1 is 1.00 bits per heavy atom. The van der Waals surface area contributed by atoms with Crippen molar-refractivity contribution in [2.24, 2.45) is 11.5 Å². The van der Waals surface area contributed by atoms with Gasteiger partial charge in [0.2, 0.25) is 0 Å². The average molecular weight is 527 g/mol. The van der Waals surface area contributed by atoms with E-state index in [-0.39, 0.29) is 17.1 Å². The lowest BCUT2D eigenvalue weighted by atomic mass is 9.97. The van der Waals surface area contributed by atoms with Crippen LogP contribution in [0, 0.1) is 5.82 Å². The zero-order valence-corrected chi connectivity index (χ0v) is 22.4. The summed E-state index contributed by atoms with van der Waals surface area (Å²) in [6, 6.07) is 10.6. The van der Waals surface area contributed by atoms with E-state index >= 15 is 0 Å². The minimum Gasteiger partial charge on any atom is -0.405 e. The predicted octanol–water partition coefficient (Wildman–Crippen LogP) is 7.16. The van der Waals surface area contributed by atoms with Crippen LogP contribution in [0.5, 0.6) is 5.75 Å². The molecule has 2 aromatic carbocycles. The molecule has 1 unspecified atom stereocenters. The van der Waals surface area contributed by atoms with E-state index in [0.717, 1.165) is 67.6 Å². The van der Waals surface area contributed by atoms with Crippen LogP contribution in [0.2, 0.25) is 0 Å². The maximum absolute atomic E-state index is 14.0. The summed E-state index contributed by atoms with van der Waals surface area (Å²) in [5.74, 6) is -0.623. The van der Waals surface area contributed by atoms with Gasteiger partial charge >= 0.3 is 6.36 Å². The number of nitrogens with one attached hydrogen (secondary N) is 2. The van der Waals surface area contributed by atoms with Crippen molar-refractivity contribution in [1.82, 2.24) is 5.32 Å². The van der Waals surface area contributed by atoms with Gasteiger partial charge in [-0.3, -0.25) is 0 Å². The van der Waals surface area contributed by atoms with Crippen LogP contribution in [0.25, 0.3) is 0 Å². The lowest BCUT2D eigenvalue weighted by molar-refractivity contribution is -0.275. The van der Waals surface area contributed by atoms with Gasteiger partial charge in [0.1, 0.15) is 17.7 Å². The molecule has 2 aromatic rings. The van der Waals surface area contributed by atoms with Crippen LogP contribution in [0.4, 0.5) is 23.2 Å². The number of benzene rings is 2. The van der Waals surface area contributed by atoms with Gasteiger partial charge < -0.3 is 26.8 Å². The van der Waals surface area contributed by atoms with E-state index in [2.05, 4.69) is 28.0 Å². The molecule has 0 fully saturated rings. The highest BCUT2D eigenvalue weighted by molar-refractivity contribution is 5.53. The molecule has 1 aliphatic rings. The molecule has 0 saturated heterocycles. The summed E-state index contributed by atoms with van der Waals surface area (Å²) in [6.07, 6.45) is 0.346. The van der Waals surface area contributed by atoms with Crippen LogP contribution in [-0.4, -0.2) is 20.0 Å². The first kappa shape index (κ1) is 32.2. The summed E-state index contributed by atoms with van der Waals surface area (Å²) >= 11 is 0. The van der Waals surface area contributed by atoms with Gasteiger partial charge in [-0.1, -0.05) is 45.4 Å². The monoisotopic (exact) mass is 526 g/mol. The molecule has 3 rings (SSSR count). The molecule has 0 aliphatic heterocycles. The second-order valence-electron chi connectivity index (χ2n) is 8.26. The highest BCUT2D eigenvalue weighted by atomic mass is 19.4. The van der Waals surface area contributed by atoms with E-state index < -0.39 is 12.5 Å². The molecule has 1 atom stereocenters. The molecule has 0 aromatic heterocycles. The third kappa shape index (κ3) is 11.0. The number of nitrogens with two attached hydrogens (primary N) is 2. The molecule has 0 saturated carbocycles. The van der Waals surface area contributed by atoms with Gasteiger partial charge in [0, 0.05) is 23.5 Å². The Bertz CT molecular complexity index is 963. The zero-order chi connectivity index (χ0) is 27.8. The van der Waals surface area contributed by atoms with Gasteiger partial charge in [-0.15, -0.1) is 13.2 Å². The van der Waals surface area contributed by atoms with Crippen LogP contribution in [-0.2, 0) is 6.42 Å². The Kier molecular flexibility index (Phi) is 14.7. The van der Waals surface area contributed by atoms with Crippen molar-refractivity contribution in [3.05, 3.63) is 70.7 Å². The Labute approximate surface area is 218 Å². The highest BCUT2D eigenvalue weighted by Crippen LogP contribution is 2.32. The van der Waals surface area contributed by atoms with Gasteiger partial charge in [0.25, 0.3) is 0 Å². The minimum absolute atomic E-state index is 0.224. The normalized spacial score (nSPS) is 14.3. The maximum atomic E-state index is 14.0. The van der Waals surface area contributed by atoms with Crippen LogP contribution < -0.4 is 26.8 Å². The standard InChI is InChI=1S/C25H31F4N3O.C2H6.CH5N/c1-2-14-31-21-13-12-19(26)16-18(21)15-17-8-4-3-5-10-22(17)32-24(30)20-9-6-7-11-23(20)33-25(27,28)29;2*1-2/h6-7,9,11-13,16,24,31-32H,2-5,8,10,14-15,30H2,1H3;1-2H3;2H2,1H3. The molecular weight excluding hydrogens is 484 g/mol. The highest BCUT2D eigenvalue weighted by Gasteiger charge is 2.32. The first-order chi connectivity index (χ1) is 17.8. The Morgan fingerprint density at radius 2 is 1.68 bits per heavy atom. The number of halogens is 4. The van der Waals surface area contributed by atoms with E-state index in [9.17, 15) is 17.6 Å². The predicted molar refractivity (Wildman–Crippen MR) is 144 cm³/mol. The van der Waals surface area contributed by atoms with Crippen LogP contribution in [0.3, 0.4) is 0 Å². The molecule has 0 bridgehead atoms. The topological polar surface area (TPSA) is 85.3 Å². The number of alkyl halides is 3. The fourth-order valence-electron chi connectivity index (χ4n) is 4.11. The fraction of sp³-hybridized carbons (Fsp3) is 0.500. The van der Waals surface area contributed by atoms with Crippen molar-refractivity contribution >= 4 is 5.69 Å². The molecule has 5 nitrogen and oxygen atoms in total. The number of hydrogen-bond donors (Lipinski definition) is 4. The van der Waals surface area contributed by atoms with Crippen molar-refractivity contribution in [2.75, 3.05) is 18.9 Å². The Hall–Kier alpha value is -2.78. The van der Waals surface area contributed by atoms with Gasteiger partial charge in [-0.25, -0.2) is 4.39 Å². The van der Waals surface area contributed by atoms with Crippen molar-refractivity contribution < 1.29 is 22.3 Å². The Morgan fingerprint density at radius 3 is 2.35 bits per heavy atom. The van der Waals surface area contributed by atoms with E-state index in [4.69, 9.17) is 5.73 Å². The summed E-state index contributed by atoms with van der Waals surface area (Å²) in [4.78, 5) is 0. The molecule has 0 heterocycles. The third-order valence-electron chi connectivity index (χ3n) is 5.68. The SMILES string of the molecule is CC.CCCNc1ccc(F)cc1CC1=C(NC(N)c2ccccc2OC(F)(F)F)CCCCC1.CN. The maximum Gasteiger partial charge on any atom is 0.573 e. The first-order valence-corrected chi connectivity index (χ1v) is 12.9. The quantitative estimate of drug-likeness (QED) is 0.206. The number of hydrogen-bond acceptors (Lipinski definition) is 5. The number of rotatable bonds is 9. The van der Waals surface area contributed by atoms with Crippen molar-refractivity contribution in [3.8, 4) is 5.75 Å². The molecule has 9 heteroatoms. The summed E-state index contributed by atoms with van der Waals surface area (Å²) in [5.41, 5.74) is 14.8. The molecule has 0 spiro atoms. The van der Waals surface area contributed by atoms with Gasteiger partial charge in [-0.2, -0.15) is 0 Å². The van der Waals surface area contributed by atoms with Crippen LogP contribution in [0.15, 0.2) is 53.7 Å². The fourth-order valence-corrected chi connectivity index (χ4v) is 4.11. The number of ether oxygens (including phenoxy) is 1. The number of anilines is 1. The largest absolute Gasteiger partial charge is 0.573 e. The van der Waals surface area contributed by atoms with Crippen LogP contribution >= 0.6 is 0 Å². The van der Waals surface area contributed by atoms with E-state index in [1.807, 2.05) is 13.8 Å². The summed E-state index contributed by atoms with van der Waals surface area (Å²) < 4.78 is 56.7.